The molecule has 0 unspecified atom stereocenters. The zero-order valence-corrected chi connectivity index (χ0v) is 29.4. The van der Waals surface area contributed by atoms with Crippen LogP contribution < -0.4 is 0 Å². The number of ketones is 1. The molecule has 1 heterocycles. The summed E-state index contributed by atoms with van der Waals surface area (Å²) in [5.74, 6) is -0.532. The van der Waals surface area contributed by atoms with E-state index in [1.54, 1.807) is 0 Å². The van der Waals surface area contributed by atoms with E-state index in [4.69, 9.17) is 18.3 Å². The summed E-state index contributed by atoms with van der Waals surface area (Å²) < 4.78 is 28.5. The van der Waals surface area contributed by atoms with Crippen LogP contribution in [0.25, 0.3) is 0 Å². The normalized spacial score (nSPS) is 28.8. The van der Waals surface area contributed by atoms with Gasteiger partial charge in [-0.3, -0.25) is 4.79 Å². The van der Waals surface area contributed by atoms with Crippen molar-refractivity contribution in [2.75, 3.05) is 6.61 Å². The summed E-state index contributed by atoms with van der Waals surface area (Å²) in [7, 11) is -4.65. The summed E-state index contributed by atoms with van der Waals surface area (Å²) in [6.45, 7) is 22.5. The van der Waals surface area contributed by atoms with Crippen LogP contribution in [0.1, 0.15) is 87.6 Å². The van der Waals surface area contributed by atoms with Crippen LogP contribution in [0.5, 0.6) is 0 Å². The quantitative estimate of drug-likeness (QED) is 0.195. The van der Waals surface area contributed by atoms with E-state index < -0.39 is 52.6 Å². The van der Waals surface area contributed by atoms with Gasteiger partial charge in [0.2, 0.25) is 8.32 Å². The Balaban J connectivity index is 2.25. The van der Waals surface area contributed by atoms with Crippen LogP contribution in [0, 0.1) is 5.92 Å². The molecular formula is C33H58O6Si2. The van der Waals surface area contributed by atoms with Crippen molar-refractivity contribution in [1.29, 1.82) is 0 Å². The third-order valence-electron chi connectivity index (χ3n) is 10.4. The summed E-state index contributed by atoms with van der Waals surface area (Å²) in [6.07, 6.45) is -0.928. The molecule has 1 aliphatic carbocycles. The number of aliphatic hydroxyl groups excluding tert-OH is 1. The van der Waals surface area contributed by atoms with Crippen molar-refractivity contribution in [3.63, 3.8) is 0 Å². The first-order valence-corrected chi connectivity index (χ1v) is 20.9. The maximum Gasteiger partial charge on any atom is 0.201 e. The zero-order chi connectivity index (χ0) is 30.6. The number of Topliss-reactive ketones (excluding diaryl/α,β-unsaturated/α-hetero) is 1. The molecule has 0 spiro atoms. The van der Waals surface area contributed by atoms with Crippen LogP contribution in [0.4, 0.5) is 0 Å². The van der Waals surface area contributed by atoms with Crippen molar-refractivity contribution in [1.82, 2.24) is 0 Å². The van der Waals surface area contributed by atoms with E-state index in [9.17, 15) is 9.90 Å². The highest BCUT2D eigenvalue weighted by molar-refractivity contribution is 6.77. The van der Waals surface area contributed by atoms with E-state index in [-0.39, 0.29) is 12.4 Å². The van der Waals surface area contributed by atoms with Crippen LogP contribution in [0.15, 0.2) is 30.3 Å². The van der Waals surface area contributed by atoms with E-state index in [1.165, 1.54) is 0 Å². The molecule has 0 radical (unpaired) electrons. The smallest absolute Gasteiger partial charge is 0.201 e. The maximum atomic E-state index is 14.6. The number of carbonyl (C=O) groups is 1. The predicted molar refractivity (Wildman–Crippen MR) is 171 cm³/mol. The molecule has 1 saturated carbocycles. The summed E-state index contributed by atoms with van der Waals surface area (Å²) in [5.41, 5.74) is 0.902. The molecule has 0 amide bonds. The fraction of sp³-hybridized carbons (Fsp3) is 0.788. The van der Waals surface area contributed by atoms with E-state index in [0.717, 1.165) is 30.1 Å². The lowest BCUT2D eigenvalue weighted by Crippen LogP contribution is -2.69. The molecule has 1 N–H and O–H groups in total. The minimum atomic E-state index is -2.47. The number of ether oxygens (including phenoxy) is 2. The van der Waals surface area contributed by atoms with Gasteiger partial charge >= 0.3 is 0 Å². The zero-order valence-electron chi connectivity index (χ0n) is 27.4. The Morgan fingerprint density at radius 3 is 1.90 bits per heavy atom. The summed E-state index contributed by atoms with van der Waals surface area (Å²) in [4.78, 5) is 14.6. The number of rotatable bonds is 16. The second kappa shape index (κ2) is 14.3. The first kappa shape index (κ1) is 34.6. The SMILES string of the molecule is CCC[C@]12O[C@H](CO)[C@H](C1=O)[C@@H](O[Si](CC)(CC)CC)[C@H](OCc1ccccc1)[C@H]2O[Si](C(C)C)(C(C)C)C(C)C. The Morgan fingerprint density at radius 1 is 0.878 bits per heavy atom. The molecule has 41 heavy (non-hydrogen) atoms. The average molecular weight is 607 g/mol. The van der Waals surface area contributed by atoms with Gasteiger partial charge in [0.05, 0.1) is 31.3 Å². The van der Waals surface area contributed by atoms with Gasteiger partial charge in [0.25, 0.3) is 0 Å². The monoisotopic (exact) mass is 606 g/mol. The molecule has 1 aromatic carbocycles. The number of hydrogen-bond donors (Lipinski definition) is 1. The van der Waals surface area contributed by atoms with Crippen molar-refractivity contribution < 1.29 is 28.2 Å². The van der Waals surface area contributed by atoms with Crippen molar-refractivity contribution in [3.05, 3.63) is 35.9 Å². The molecule has 6 atom stereocenters. The van der Waals surface area contributed by atoms with Crippen LogP contribution >= 0.6 is 0 Å². The van der Waals surface area contributed by atoms with Crippen LogP contribution in [0.2, 0.25) is 34.8 Å². The van der Waals surface area contributed by atoms with Gasteiger partial charge in [-0.2, -0.15) is 0 Å². The van der Waals surface area contributed by atoms with Crippen LogP contribution in [-0.2, 0) is 29.7 Å². The molecule has 6 nitrogen and oxygen atoms in total. The van der Waals surface area contributed by atoms with Gasteiger partial charge in [-0.1, -0.05) is 106 Å². The number of carbonyl (C=O) groups excluding carboxylic acids is 1. The van der Waals surface area contributed by atoms with Crippen molar-refractivity contribution >= 4 is 22.4 Å². The molecule has 1 aromatic rings. The third kappa shape index (κ3) is 6.35. The first-order valence-electron chi connectivity index (χ1n) is 16.3. The first-order chi connectivity index (χ1) is 19.4. The van der Waals surface area contributed by atoms with Crippen molar-refractivity contribution in [2.45, 2.75) is 153 Å². The van der Waals surface area contributed by atoms with E-state index in [0.29, 0.717) is 29.7 Å². The number of hydrogen-bond acceptors (Lipinski definition) is 6. The number of aliphatic hydroxyl groups is 1. The summed E-state index contributed by atoms with van der Waals surface area (Å²) >= 11 is 0. The Hall–Kier alpha value is -0.876. The molecule has 3 rings (SSSR count). The Bertz CT molecular complexity index is 936. The van der Waals surface area contributed by atoms with Gasteiger partial charge in [0, 0.05) is 0 Å². The average Bonchev–Trinajstić information content (AvgIpc) is 3.17. The van der Waals surface area contributed by atoms with Crippen LogP contribution in [-0.4, -0.2) is 64.1 Å². The van der Waals surface area contributed by atoms with Crippen molar-refractivity contribution in [3.8, 4) is 0 Å². The molecular weight excluding hydrogens is 549 g/mol. The lowest BCUT2D eigenvalue weighted by Gasteiger charge is -2.53. The fourth-order valence-electron chi connectivity index (χ4n) is 8.08. The van der Waals surface area contributed by atoms with E-state index in [2.05, 4.69) is 81.4 Å². The van der Waals surface area contributed by atoms with Gasteiger partial charge < -0.3 is 23.4 Å². The second-order valence-corrected chi connectivity index (χ2v) is 23.4. The molecule has 234 valence electrons. The topological polar surface area (TPSA) is 74.2 Å². The Morgan fingerprint density at radius 2 is 1.44 bits per heavy atom. The molecule has 1 saturated heterocycles. The van der Waals surface area contributed by atoms with E-state index in [1.807, 2.05) is 18.2 Å². The summed E-state index contributed by atoms with van der Waals surface area (Å²) in [6, 6.07) is 13.1. The lowest BCUT2D eigenvalue weighted by molar-refractivity contribution is -0.190. The van der Waals surface area contributed by atoms with Gasteiger partial charge in [-0.25, -0.2) is 0 Å². The van der Waals surface area contributed by atoms with Gasteiger partial charge in [0.15, 0.2) is 19.7 Å². The standard InChI is InChI=1S/C33H58O6Si2/c1-11-20-33-31(35)28(27(21-34)37-33)29(38-40(12-2,13-3)14-4)30(36-22-26-18-16-15-17-19-26)32(33)39-41(23(5)6,24(7)8)25(9)10/h15-19,23-25,27-30,32,34H,11-14,20-22H2,1-10H3/t27-,28+,29-,30+,32-,33+/m1/s1. The Labute approximate surface area is 252 Å². The third-order valence-corrected chi connectivity index (χ3v) is 21.1. The second-order valence-electron chi connectivity index (χ2n) is 13.3. The van der Waals surface area contributed by atoms with Gasteiger partial charge in [-0.15, -0.1) is 0 Å². The number of benzene rings is 1. The predicted octanol–water partition coefficient (Wildman–Crippen LogP) is 7.65. The minimum absolute atomic E-state index is 0.0401. The Kier molecular flexibility index (Phi) is 12.0. The number of fused-ring (bicyclic) bond motifs is 2. The largest absolute Gasteiger partial charge is 0.410 e. The lowest BCUT2D eigenvalue weighted by atomic mass is 9.71. The van der Waals surface area contributed by atoms with E-state index >= 15 is 0 Å². The highest BCUT2D eigenvalue weighted by Crippen LogP contribution is 2.53. The molecule has 2 aliphatic rings. The molecule has 8 heteroatoms. The summed E-state index contributed by atoms with van der Waals surface area (Å²) in [5, 5.41) is 10.6. The molecule has 2 bridgehead atoms. The van der Waals surface area contributed by atoms with Crippen molar-refractivity contribution in [2.24, 2.45) is 5.92 Å². The van der Waals surface area contributed by atoms with Gasteiger partial charge in [0.1, 0.15) is 12.2 Å². The highest BCUT2D eigenvalue weighted by Gasteiger charge is 2.70. The molecule has 2 fully saturated rings. The van der Waals surface area contributed by atoms with Crippen LogP contribution in [0.3, 0.4) is 0 Å². The molecule has 1 aliphatic heterocycles. The maximum absolute atomic E-state index is 14.6. The molecule has 0 aromatic heterocycles. The van der Waals surface area contributed by atoms with Gasteiger partial charge in [-0.05, 0) is 46.7 Å². The fourth-order valence-corrected chi connectivity index (χ4v) is 16.5. The highest BCUT2D eigenvalue weighted by atomic mass is 28.4. The minimum Gasteiger partial charge on any atom is -0.410 e.